The van der Waals surface area contributed by atoms with Crippen LogP contribution >= 0.6 is 0 Å². The quantitative estimate of drug-likeness (QED) is 0.179. The van der Waals surface area contributed by atoms with E-state index in [1.807, 2.05) is 0 Å². The molecule has 31 heavy (non-hydrogen) atoms. The molecule has 0 amide bonds. The molecule has 164 valence electrons. The lowest BCUT2D eigenvalue weighted by molar-refractivity contribution is -0.384. The van der Waals surface area contributed by atoms with Gasteiger partial charge >= 0.3 is 17.6 Å². The van der Waals surface area contributed by atoms with Crippen molar-refractivity contribution in [2.24, 2.45) is 4.99 Å². The number of carboxylic acids is 2. The van der Waals surface area contributed by atoms with Gasteiger partial charge in [-0.25, -0.2) is 9.59 Å². The van der Waals surface area contributed by atoms with Gasteiger partial charge in [-0.2, -0.15) is 0 Å². The molecule has 0 aromatic heterocycles. The smallest absolute Gasteiger partial charge is 0.339 e. The van der Waals surface area contributed by atoms with Crippen LogP contribution in [0.25, 0.3) is 0 Å². The van der Waals surface area contributed by atoms with Crippen LogP contribution in [0.15, 0.2) is 29.3 Å². The molecule has 2 rings (SSSR count). The summed E-state index contributed by atoms with van der Waals surface area (Å²) in [4.78, 5) is 37.1. The molecular weight excluding hydrogens is 412 g/mol. The summed E-state index contributed by atoms with van der Waals surface area (Å²) in [6.07, 6.45) is 0. The number of aromatic carboxylic acids is 2. The summed E-state index contributed by atoms with van der Waals surface area (Å²) in [5.41, 5.74) is -0.161. The van der Waals surface area contributed by atoms with Crippen molar-refractivity contribution in [2.45, 2.75) is 0 Å². The second kappa shape index (κ2) is 9.91. The Balaban J connectivity index is 2.20. The first-order chi connectivity index (χ1) is 14.8. The molecule has 2 aromatic carbocycles. The van der Waals surface area contributed by atoms with Crippen molar-refractivity contribution in [3.63, 3.8) is 0 Å². The highest BCUT2D eigenvalue weighted by Gasteiger charge is 2.27. The van der Waals surface area contributed by atoms with Crippen LogP contribution in [0.5, 0.6) is 11.5 Å². The van der Waals surface area contributed by atoms with Gasteiger partial charge in [-0.05, 0) is 31.0 Å². The lowest BCUT2D eigenvalue weighted by atomic mass is 10.1. The molecule has 0 bridgehead atoms. The third kappa shape index (κ3) is 4.80. The van der Waals surface area contributed by atoms with E-state index < -0.39 is 22.5 Å². The van der Waals surface area contributed by atoms with Crippen LogP contribution in [-0.4, -0.2) is 61.1 Å². The summed E-state index contributed by atoms with van der Waals surface area (Å²) >= 11 is 0. The fourth-order valence-corrected chi connectivity index (χ4v) is 2.91. The van der Waals surface area contributed by atoms with Gasteiger partial charge < -0.3 is 30.3 Å². The van der Waals surface area contributed by atoms with E-state index in [2.05, 4.69) is 22.3 Å². The SMILES string of the molecule is C=Nc1c(NCCNc2ccc(C(=O)O)c(OC)c2[N+](=O)[O-])ccc(C(=O)O)c1OC. The van der Waals surface area contributed by atoms with Crippen LogP contribution in [0.4, 0.5) is 22.7 Å². The molecule has 0 unspecified atom stereocenters. The summed E-state index contributed by atoms with van der Waals surface area (Å²) in [5, 5.41) is 35.8. The van der Waals surface area contributed by atoms with Crippen LogP contribution in [0, 0.1) is 10.1 Å². The molecule has 4 N–H and O–H groups in total. The normalized spacial score (nSPS) is 10.1. The van der Waals surface area contributed by atoms with Crippen molar-refractivity contribution in [3.8, 4) is 11.5 Å². The van der Waals surface area contributed by atoms with E-state index in [0.29, 0.717) is 5.69 Å². The maximum atomic E-state index is 11.5. The Labute approximate surface area is 176 Å². The van der Waals surface area contributed by atoms with E-state index in [-0.39, 0.29) is 47.1 Å². The van der Waals surface area contributed by atoms with Gasteiger partial charge in [0.05, 0.1) is 24.8 Å². The van der Waals surface area contributed by atoms with Gasteiger partial charge in [-0.15, -0.1) is 0 Å². The number of benzene rings is 2. The summed E-state index contributed by atoms with van der Waals surface area (Å²) in [6, 6.07) is 5.35. The predicted octanol–water partition coefficient (Wildman–Crippen LogP) is 2.86. The molecule has 0 saturated carbocycles. The van der Waals surface area contributed by atoms with Gasteiger partial charge in [0.2, 0.25) is 5.75 Å². The summed E-state index contributed by atoms with van der Waals surface area (Å²) in [7, 11) is 2.47. The van der Waals surface area contributed by atoms with Gasteiger partial charge in [0, 0.05) is 13.1 Å². The van der Waals surface area contributed by atoms with Crippen molar-refractivity contribution in [2.75, 3.05) is 37.9 Å². The first-order valence-electron chi connectivity index (χ1n) is 8.74. The Kier molecular flexibility index (Phi) is 7.33. The van der Waals surface area contributed by atoms with Crippen molar-refractivity contribution < 1.29 is 34.2 Å². The summed E-state index contributed by atoms with van der Waals surface area (Å²) < 4.78 is 10.1. The monoisotopic (exact) mass is 432 g/mol. The van der Waals surface area contributed by atoms with E-state index in [4.69, 9.17) is 9.47 Å². The zero-order valence-corrected chi connectivity index (χ0v) is 16.7. The number of carboxylic acid groups (broad SMARTS) is 2. The van der Waals surface area contributed by atoms with Gasteiger partial charge in [0.25, 0.3) is 0 Å². The Morgan fingerprint density at radius 1 is 1.00 bits per heavy atom. The van der Waals surface area contributed by atoms with E-state index in [1.165, 1.54) is 31.4 Å². The molecule has 0 aliphatic heterocycles. The minimum absolute atomic E-state index is 0.0464. The third-order valence-electron chi connectivity index (χ3n) is 4.23. The number of hydrogen-bond donors (Lipinski definition) is 4. The maximum Gasteiger partial charge on any atom is 0.339 e. The van der Waals surface area contributed by atoms with Crippen LogP contribution in [0.3, 0.4) is 0 Å². The number of nitro groups is 1. The lowest BCUT2D eigenvalue weighted by Crippen LogP contribution is -2.15. The number of aliphatic imine (C=N–C) groups is 1. The molecule has 0 atom stereocenters. The molecule has 0 spiro atoms. The number of ether oxygens (including phenoxy) is 2. The van der Waals surface area contributed by atoms with E-state index in [0.717, 1.165) is 7.11 Å². The average Bonchev–Trinajstić information content (AvgIpc) is 2.74. The number of methoxy groups -OCH3 is 2. The number of anilines is 2. The molecule has 2 aromatic rings. The third-order valence-corrected chi connectivity index (χ3v) is 4.23. The molecule has 12 heteroatoms. The van der Waals surface area contributed by atoms with E-state index >= 15 is 0 Å². The molecule has 0 aliphatic rings. The zero-order valence-electron chi connectivity index (χ0n) is 16.7. The predicted molar refractivity (Wildman–Crippen MR) is 113 cm³/mol. The highest BCUT2D eigenvalue weighted by molar-refractivity contribution is 5.96. The molecule has 0 radical (unpaired) electrons. The topological polar surface area (TPSA) is 173 Å². The summed E-state index contributed by atoms with van der Waals surface area (Å²) in [6.45, 7) is 3.87. The van der Waals surface area contributed by atoms with Gasteiger partial charge in [-0.1, -0.05) is 0 Å². The van der Waals surface area contributed by atoms with E-state index in [1.54, 1.807) is 0 Å². The lowest BCUT2D eigenvalue weighted by Gasteiger charge is -2.15. The molecule has 0 saturated heterocycles. The number of hydrogen-bond acceptors (Lipinski definition) is 9. The Morgan fingerprint density at radius 3 is 1.94 bits per heavy atom. The molecule has 12 nitrogen and oxygen atoms in total. The van der Waals surface area contributed by atoms with Gasteiger partial charge in [0.15, 0.2) is 5.75 Å². The molecule has 0 heterocycles. The zero-order chi connectivity index (χ0) is 23.1. The highest BCUT2D eigenvalue weighted by atomic mass is 16.6. The molecule has 0 fully saturated rings. The Morgan fingerprint density at radius 2 is 1.48 bits per heavy atom. The minimum Gasteiger partial charge on any atom is -0.493 e. The fraction of sp³-hybridized carbons (Fsp3) is 0.211. The highest BCUT2D eigenvalue weighted by Crippen LogP contribution is 2.39. The van der Waals surface area contributed by atoms with Crippen LogP contribution < -0.4 is 20.1 Å². The Bertz CT molecular complexity index is 1040. The van der Waals surface area contributed by atoms with Gasteiger partial charge in [-0.3, -0.25) is 15.1 Å². The molecular formula is C19H20N4O8. The standard InChI is InChI=1S/C19H20N4O8/c1-20-14-12(6-4-10(18(24)25)16(14)30-2)21-8-9-22-13-7-5-11(19(26)27)17(31-3)15(13)23(28)29/h4-7,21-22H,1,8-9H2,2-3H3,(H,24,25)(H,26,27). The van der Waals surface area contributed by atoms with Crippen molar-refractivity contribution in [3.05, 3.63) is 45.5 Å². The van der Waals surface area contributed by atoms with Crippen molar-refractivity contribution in [1.29, 1.82) is 0 Å². The average molecular weight is 432 g/mol. The largest absolute Gasteiger partial charge is 0.493 e. The number of rotatable bonds is 11. The minimum atomic E-state index is -1.35. The molecule has 0 aliphatic carbocycles. The van der Waals surface area contributed by atoms with Crippen LogP contribution in [0.1, 0.15) is 20.7 Å². The number of carbonyl (C=O) groups is 2. The van der Waals surface area contributed by atoms with Gasteiger partial charge in [0.1, 0.15) is 22.5 Å². The number of nitrogens with one attached hydrogen (secondary N) is 2. The Hall–Kier alpha value is -4.35. The number of nitro benzene ring substituents is 1. The van der Waals surface area contributed by atoms with Crippen LogP contribution in [-0.2, 0) is 0 Å². The second-order valence-corrected chi connectivity index (χ2v) is 5.96. The fourth-order valence-electron chi connectivity index (χ4n) is 2.91. The van der Waals surface area contributed by atoms with E-state index in [9.17, 15) is 29.9 Å². The summed E-state index contributed by atoms with van der Waals surface area (Å²) in [5.74, 6) is -2.84. The first-order valence-corrected chi connectivity index (χ1v) is 8.74. The first kappa shape index (κ1) is 22.9. The number of nitrogens with zero attached hydrogens (tertiary/aromatic N) is 2. The van der Waals surface area contributed by atoms with Crippen molar-refractivity contribution in [1.82, 2.24) is 0 Å². The van der Waals surface area contributed by atoms with Crippen LogP contribution in [0.2, 0.25) is 0 Å². The van der Waals surface area contributed by atoms with Crippen molar-refractivity contribution >= 4 is 41.4 Å². The maximum absolute atomic E-state index is 11.5. The second-order valence-electron chi connectivity index (χ2n) is 5.96.